The minimum absolute atomic E-state index is 0.207. The van der Waals surface area contributed by atoms with Crippen LogP contribution in [-0.4, -0.2) is 24.5 Å². The molecular weight excluding hydrogens is 421 g/mol. The summed E-state index contributed by atoms with van der Waals surface area (Å²) < 4.78 is 19.8. The van der Waals surface area contributed by atoms with Crippen LogP contribution in [0.3, 0.4) is 0 Å². The zero-order valence-electron chi connectivity index (χ0n) is 20.6. The number of furan rings is 1. The van der Waals surface area contributed by atoms with E-state index in [1.807, 2.05) is 6.07 Å². The molecule has 1 aliphatic carbocycles. The van der Waals surface area contributed by atoms with Gasteiger partial charge in [0.25, 0.3) is 0 Å². The minimum atomic E-state index is -0.207. The van der Waals surface area contributed by atoms with Gasteiger partial charge in [-0.05, 0) is 79.4 Å². The second kappa shape index (κ2) is 10.5. The molecule has 0 saturated heterocycles. The highest BCUT2D eigenvalue weighted by Gasteiger charge is 2.31. The van der Waals surface area contributed by atoms with Crippen LogP contribution in [0.5, 0.6) is 0 Å². The summed E-state index contributed by atoms with van der Waals surface area (Å²) >= 11 is 0. The molecule has 34 heavy (non-hydrogen) atoms. The van der Waals surface area contributed by atoms with Gasteiger partial charge in [0.1, 0.15) is 11.4 Å². The van der Waals surface area contributed by atoms with Crippen LogP contribution in [0.4, 0.5) is 4.39 Å². The van der Waals surface area contributed by atoms with E-state index in [2.05, 4.69) is 48.2 Å². The van der Waals surface area contributed by atoms with Crippen LogP contribution >= 0.6 is 0 Å². The van der Waals surface area contributed by atoms with Crippen molar-refractivity contribution >= 4 is 16.5 Å². The Morgan fingerprint density at radius 1 is 1.00 bits per heavy atom. The van der Waals surface area contributed by atoms with Crippen LogP contribution in [0.2, 0.25) is 0 Å². The number of nitrogens with zero attached hydrogens (tertiary/aromatic N) is 1. The average Bonchev–Trinajstić information content (AvgIpc) is 3.25. The van der Waals surface area contributed by atoms with Crippen LogP contribution < -0.4 is 0 Å². The highest BCUT2D eigenvalue weighted by Crippen LogP contribution is 2.40. The van der Waals surface area contributed by atoms with Crippen LogP contribution in [0, 0.1) is 11.7 Å². The monoisotopic (exact) mass is 459 g/mol. The van der Waals surface area contributed by atoms with E-state index in [1.54, 1.807) is 18.4 Å². The van der Waals surface area contributed by atoms with Gasteiger partial charge >= 0.3 is 0 Å². The Balaban J connectivity index is 1.29. The maximum atomic E-state index is 14.1. The third kappa shape index (κ3) is 5.15. The Labute approximate surface area is 203 Å². The van der Waals surface area contributed by atoms with Gasteiger partial charge in [-0.15, -0.1) is 0 Å². The van der Waals surface area contributed by atoms with E-state index in [0.717, 1.165) is 44.0 Å². The van der Waals surface area contributed by atoms with Gasteiger partial charge in [0, 0.05) is 12.1 Å². The summed E-state index contributed by atoms with van der Waals surface area (Å²) in [5.74, 6) is 0.658. The van der Waals surface area contributed by atoms with Gasteiger partial charge in [-0.25, -0.2) is 4.39 Å². The molecular formula is C31H38FNO. The average molecular weight is 460 g/mol. The quantitative estimate of drug-likeness (QED) is 0.353. The van der Waals surface area contributed by atoms with Crippen LogP contribution in [-0.2, 0) is 5.41 Å². The zero-order chi connectivity index (χ0) is 23.4. The van der Waals surface area contributed by atoms with Gasteiger partial charge in [-0.2, -0.15) is 0 Å². The molecule has 2 aromatic carbocycles. The SMILES string of the molecule is CC(CCN1CC=C(c2ccc(F)c3ccoc23)CCC1)(CC1CCCCC1)c1ccccc1. The Bertz CT molecular complexity index is 1110. The molecule has 0 amide bonds. The first kappa shape index (κ1) is 23.4. The molecule has 1 saturated carbocycles. The van der Waals surface area contributed by atoms with Crippen molar-refractivity contribution in [2.45, 2.75) is 70.1 Å². The van der Waals surface area contributed by atoms with Crippen LogP contribution in [0.25, 0.3) is 16.5 Å². The lowest BCUT2D eigenvalue weighted by Gasteiger charge is -2.37. The van der Waals surface area contributed by atoms with E-state index < -0.39 is 0 Å². The normalized spacial score (nSPS) is 20.1. The standard InChI is InChI=1S/C31H38FNO/c1-31(26-12-6-3-7-13-26,23-24-9-4-2-5-10-24)18-21-33-19-8-11-25(16-20-33)27-14-15-29(32)28-17-22-34-30(27)28/h3,6-7,12-17,22,24H,2,4-5,8-11,18-21,23H2,1H3. The molecule has 2 heterocycles. The fraction of sp³-hybridized carbons (Fsp3) is 0.484. The third-order valence-corrected chi connectivity index (χ3v) is 8.34. The summed E-state index contributed by atoms with van der Waals surface area (Å²) in [4.78, 5) is 2.61. The molecule has 3 heteroatoms. The fourth-order valence-corrected chi connectivity index (χ4v) is 6.29. The van der Waals surface area contributed by atoms with Gasteiger partial charge in [0.15, 0.2) is 0 Å². The molecule has 1 aliphatic heterocycles. The third-order valence-electron chi connectivity index (χ3n) is 8.34. The molecule has 0 bridgehead atoms. The van der Waals surface area contributed by atoms with Crippen molar-refractivity contribution in [3.63, 3.8) is 0 Å². The molecule has 180 valence electrons. The van der Waals surface area contributed by atoms with E-state index in [9.17, 15) is 4.39 Å². The highest BCUT2D eigenvalue weighted by molar-refractivity contribution is 5.90. The van der Waals surface area contributed by atoms with Crippen molar-refractivity contribution in [3.8, 4) is 0 Å². The van der Waals surface area contributed by atoms with Crippen molar-refractivity contribution in [2.75, 3.05) is 19.6 Å². The van der Waals surface area contributed by atoms with E-state index in [4.69, 9.17) is 4.42 Å². The van der Waals surface area contributed by atoms with E-state index in [-0.39, 0.29) is 11.2 Å². The molecule has 1 atom stereocenters. The summed E-state index contributed by atoms with van der Waals surface area (Å²) in [7, 11) is 0. The van der Waals surface area contributed by atoms with E-state index in [0.29, 0.717) is 11.0 Å². The molecule has 1 unspecified atom stereocenters. The van der Waals surface area contributed by atoms with Gasteiger partial charge in [-0.3, -0.25) is 4.90 Å². The Kier molecular flexibility index (Phi) is 7.20. The van der Waals surface area contributed by atoms with Crippen LogP contribution in [0.15, 0.2) is 65.3 Å². The molecule has 0 spiro atoms. The van der Waals surface area contributed by atoms with Crippen molar-refractivity contribution < 1.29 is 8.81 Å². The molecule has 0 radical (unpaired) electrons. The summed E-state index contributed by atoms with van der Waals surface area (Å²) in [6.07, 6.45) is 15.6. The number of halogens is 1. The molecule has 5 rings (SSSR count). The first-order chi connectivity index (χ1) is 16.6. The second-order valence-corrected chi connectivity index (χ2v) is 10.8. The number of hydrogen-bond donors (Lipinski definition) is 0. The number of hydrogen-bond acceptors (Lipinski definition) is 2. The van der Waals surface area contributed by atoms with Gasteiger partial charge < -0.3 is 4.42 Å². The number of allylic oxidation sites excluding steroid dienone is 1. The fourth-order valence-electron chi connectivity index (χ4n) is 6.29. The molecule has 2 aliphatic rings. The summed E-state index contributed by atoms with van der Waals surface area (Å²) in [6, 6.07) is 16.4. The predicted octanol–water partition coefficient (Wildman–Crippen LogP) is 8.37. The smallest absolute Gasteiger partial charge is 0.144 e. The Morgan fingerprint density at radius 3 is 2.65 bits per heavy atom. The molecule has 2 nitrogen and oxygen atoms in total. The van der Waals surface area contributed by atoms with E-state index in [1.165, 1.54) is 56.1 Å². The highest BCUT2D eigenvalue weighted by atomic mass is 19.1. The number of fused-ring (bicyclic) bond motifs is 1. The van der Waals surface area contributed by atoms with Gasteiger partial charge in [0.05, 0.1) is 11.6 Å². The summed E-state index contributed by atoms with van der Waals surface area (Å²) in [5, 5.41) is 0.584. The number of benzene rings is 2. The van der Waals surface area contributed by atoms with Gasteiger partial charge in [0.2, 0.25) is 0 Å². The first-order valence-corrected chi connectivity index (χ1v) is 13.3. The van der Waals surface area contributed by atoms with Gasteiger partial charge in [-0.1, -0.05) is 75.4 Å². The molecule has 1 fully saturated rings. The topological polar surface area (TPSA) is 16.4 Å². The largest absolute Gasteiger partial charge is 0.464 e. The molecule has 3 aromatic rings. The first-order valence-electron chi connectivity index (χ1n) is 13.3. The van der Waals surface area contributed by atoms with Crippen molar-refractivity contribution in [2.24, 2.45) is 5.92 Å². The lowest BCUT2D eigenvalue weighted by atomic mass is 9.70. The maximum absolute atomic E-state index is 14.1. The second-order valence-electron chi connectivity index (χ2n) is 10.8. The van der Waals surface area contributed by atoms with Crippen molar-refractivity contribution in [3.05, 3.63) is 77.8 Å². The Hall–Kier alpha value is -2.39. The summed E-state index contributed by atoms with van der Waals surface area (Å²) in [5.41, 5.74) is 4.74. The zero-order valence-corrected chi connectivity index (χ0v) is 20.6. The predicted molar refractivity (Wildman–Crippen MR) is 139 cm³/mol. The van der Waals surface area contributed by atoms with E-state index >= 15 is 0 Å². The lowest BCUT2D eigenvalue weighted by Crippen LogP contribution is -2.34. The number of rotatable bonds is 7. The van der Waals surface area contributed by atoms with Crippen LogP contribution in [0.1, 0.15) is 75.8 Å². The lowest BCUT2D eigenvalue weighted by molar-refractivity contribution is 0.219. The van der Waals surface area contributed by atoms with Crippen molar-refractivity contribution in [1.82, 2.24) is 4.90 Å². The summed E-state index contributed by atoms with van der Waals surface area (Å²) in [6.45, 7) is 5.67. The Morgan fingerprint density at radius 2 is 1.82 bits per heavy atom. The molecule has 0 N–H and O–H groups in total. The minimum Gasteiger partial charge on any atom is -0.464 e. The van der Waals surface area contributed by atoms with Crippen molar-refractivity contribution in [1.29, 1.82) is 0 Å². The molecule has 1 aromatic heterocycles. The maximum Gasteiger partial charge on any atom is 0.144 e.